The lowest BCUT2D eigenvalue weighted by Crippen LogP contribution is -2.19. The first-order valence-corrected chi connectivity index (χ1v) is 7.18. The highest BCUT2D eigenvalue weighted by atomic mass is 15.0. The van der Waals surface area contributed by atoms with Crippen LogP contribution in [0, 0.1) is 0 Å². The van der Waals surface area contributed by atoms with E-state index in [1.165, 1.54) is 36.9 Å². The SMILES string of the molecule is CC(C)c1nc(C2(C)CC2)ncc1CNC1CC1. The molecule has 1 aromatic heterocycles. The minimum absolute atomic E-state index is 0.270. The van der Waals surface area contributed by atoms with Crippen molar-refractivity contribution in [2.75, 3.05) is 0 Å². The lowest BCUT2D eigenvalue weighted by Gasteiger charge is -2.15. The summed E-state index contributed by atoms with van der Waals surface area (Å²) in [6.07, 6.45) is 7.19. The van der Waals surface area contributed by atoms with Crippen molar-refractivity contribution in [1.82, 2.24) is 15.3 Å². The van der Waals surface area contributed by atoms with Crippen LogP contribution < -0.4 is 5.32 Å². The van der Waals surface area contributed by atoms with E-state index in [4.69, 9.17) is 4.98 Å². The van der Waals surface area contributed by atoms with Crippen LogP contribution in [0.2, 0.25) is 0 Å². The Kier molecular flexibility index (Phi) is 2.89. The number of nitrogens with zero attached hydrogens (tertiary/aromatic N) is 2. The van der Waals surface area contributed by atoms with Crippen LogP contribution in [0.1, 0.15) is 69.5 Å². The first-order valence-electron chi connectivity index (χ1n) is 7.18. The van der Waals surface area contributed by atoms with E-state index in [0.29, 0.717) is 5.92 Å². The fourth-order valence-electron chi connectivity index (χ4n) is 2.30. The zero-order chi connectivity index (χ0) is 12.8. The molecule has 2 aliphatic carbocycles. The van der Waals surface area contributed by atoms with Gasteiger partial charge < -0.3 is 5.32 Å². The van der Waals surface area contributed by atoms with Gasteiger partial charge in [-0.05, 0) is 31.6 Å². The monoisotopic (exact) mass is 245 g/mol. The third-order valence-electron chi connectivity index (χ3n) is 4.14. The van der Waals surface area contributed by atoms with E-state index < -0.39 is 0 Å². The summed E-state index contributed by atoms with van der Waals surface area (Å²) in [5.74, 6) is 1.53. The molecule has 3 heteroatoms. The van der Waals surface area contributed by atoms with Gasteiger partial charge in [0.05, 0.1) is 5.69 Å². The van der Waals surface area contributed by atoms with Crippen molar-refractivity contribution < 1.29 is 0 Å². The maximum absolute atomic E-state index is 4.85. The van der Waals surface area contributed by atoms with Crippen molar-refractivity contribution in [2.45, 2.75) is 70.4 Å². The third-order valence-corrected chi connectivity index (χ3v) is 4.14. The van der Waals surface area contributed by atoms with Crippen LogP contribution >= 0.6 is 0 Å². The third kappa shape index (κ3) is 2.41. The van der Waals surface area contributed by atoms with Crippen molar-refractivity contribution in [2.24, 2.45) is 0 Å². The smallest absolute Gasteiger partial charge is 0.134 e. The van der Waals surface area contributed by atoms with E-state index in [1.807, 2.05) is 0 Å². The van der Waals surface area contributed by atoms with Crippen LogP contribution in [0.4, 0.5) is 0 Å². The summed E-state index contributed by atoms with van der Waals surface area (Å²) in [5.41, 5.74) is 2.79. The Hall–Kier alpha value is -0.960. The first kappa shape index (κ1) is 12.1. The van der Waals surface area contributed by atoms with Crippen LogP contribution in [0.3, 0.4) is 0 Å². The summed E-state index contributed by atoms with van der Waals surface area (Å²) >= 11 is 0. The van der Waals surface area contributed by atoms with E-state index in [2.05, 4.69) is 37.3 Å². The van der Waals surface area contributed by atoms with Gasteiger partial charge in [-0.2, -0.15) is 0 Å². The molecule has 0 spiro atoms. The minimum atomic E-state index is 0.270. The van der Waals surface area contributed by atoms with Gasteiger partial charge in [0, 0.05) is 29.8 Å². The normalized spacial score (nSPS) is 21.3. The second-order valence-electron chi connectivity index (χ2n) is 6.47. The molecule has 0 atom stereocenters. The first-order chi connectivity index (χ1) is 8.58. The van der Waals surface area contributed by atoms with Crippen LogP contribution in [0.5, 0.6) is 0 Å². The van der Waals surface area contributed by atoms with Crippen LogP contribution in [-0.2, 0) is 12.0 Å². The molecule has 0 amide bonds. The lowest BCUT2D eigenvalue weighted by molar-refractivity contribution is 0.639. The van der Waals surface area contributed by atoms with Crippen molar-refractivity contribution in [1.29, 1.82) is 0 Å². The van der Waals surface area contributed by atoms with Crippen LogP contribution in [0.25, 0.3) is 0 Å². The summed E-state index contributed by atoms with van der Waals surface area (Å²) in [6, 6.07) is 0.741. The summed E-state index contributed by atoms with van der Waals surface area (Å²) < 4.78 is 0. The standard InChI is InChI=1S/C15H23N3/c1-10(2)13-11(8-16-12-4-5-12)9-17-14(18-13)15(3)6-7-15/h9-10,12,16H,4-8H2,1-3H3. The highest BCUT2D eigenvalue weighted by Gasteiger charge is 2.42. The molecule has 1 heterocycles. The van der Waals surface area contributed by atoms with Gasteiger partial charge in [0.25, 0.3) is 0 Å². The van der Waals surface area contributed by atoms with E-state index in [0.717, 1.165) is 18.4 Å². The average Bonchev–Trinajstić information content (AvgIpc) is 3.23. The van der Waals surface area contributed by atoms with Crippen molar-refractivity contribution in [3.63, 3.8) is 0 Å². The molecule has 3 nitrogen and oxygen atoms in total. The Morgan fingerprint density at radius 1 is 1.39 bits per heavy atom. The van der Waals surface area contributed by atoms with Crippen molar-refractivity contribution >= 4 is 0 Å². The Morgan fingerprint density at radius 2 is 2.11 bits per heavy atom. The van der Waals surface area contributed by atoms with Crippen molar-refractivity contribution in [3.8, 4) is 0 Å². The molecule has 0 radical (unpaired) electrons. The molecule has 98 valence electrons. The molecule has 0 saturated heterocycles. The highest BCUT2D eigenvalue weighted by molar-refractivity contribution is 5.25. The van der Waals surface area contributed by atoms with Gasteiger partial charge in [0.2, 0.25) is 0 Å². The molecule has 18 heavy (non-hydrogen) atoms. The number of hydrogen-bond acceptors (Lipinski definition) is 3. The van der Waals surface area contributed by atoms with Gasteiger partial charge in [-0.1, -0.05) is 20.8 Å². The quantitative estimate of drug-likeness (QED) is 0.866. The van der Waals surface area contributed by atoms with Gasteiger partial charge in [-0.3, -0.25) is 0 Å². The molecular weight excluding hydrogens is 222 g/mol. The summed E-state index contributed by atoms with van der Waals surface area (Å²) in [4.78, 5) is 9.46. The molecule has 1 N–H and O–H groups in total. The lowest BCUT2D eigenvalue weighted by atomic mass is 10.0. The zero-order valence-corrected chi connectivity index (χ0v) is 11.7. The Bertz CT molecular complexity index is 445. The average molecular weight is 245 g/mol. The highest BCUT2D eigenvalue weighted by Crippen LogP contribution is 2.46. The van der Waals surface area contributed by atoms with E-state index >= 15 is 0 Å². The van der Waals surface area contributed by atoms with Crippen LogP contribution in [-0.4, -0.2) is 16.0 Å². The number of nitrogens with one attached hydrogen (secondary N) is 1. The van der Waals surface area contributed by atoms with E-state index in [-0.39, 0.29) is 5.41 Å². The maximum atomic E-state index is 4.85. The van der Waals surface area contributed by atoms with Gasteiger partial charge >= 0.3 is 0 Å². The predicted octanol–water partition coefficient (Wildman–Crippen LogP) is 2.90. The molecule has 0 aliphatic heterocycles. The van der Waals surface area contributed by atoms with Crippen LogP contribution in [0.15, 0.2) is 6.20 Å². The minimum Gasteiger partial charge on any atom is -0.310 e. The van der Waals surface area contributed by atoms with Gasteiger partial charge in [0.15, 0.2) is 0 Å². The Morgan fingerprint density at radius 3 is 2.67 bits per heavy atom. The summed E-state index contributed by atoms with van der Waals surface area (Å²) in [6.45, 7) is 7.65. The van der Waals surface area contributed by atoms with Gasteiger partial charge in [-0.25, -0.2) is 9.97 Å². The molecule has 0 aromatic carbocycles. The second-order valence-corrected chi connectivity index (χ2v) is 6.47. The predicted molar refractivity (Wildman–Crippen MR) is 72.6 cm³/mol. The topological polar surface area (TPSA) is 37.8 Å². The number of aromatic nitrogens is 2. The molecule has 0 unspecified atom stereocenters. The van der Waals surface area contributed by atoms with Crippen molar-refractivity contribution in [3.05, 3.63) is 23.3 Å². The maximum Gasteiger partial charge on any atom is 0.134 e. The number of rotatable bonds is 5. The fraction of sp³-hybridized carbons (Fsp3) is 0.733. The second kappa shape index (κ2) is 4.30. The molecule has 2 aliphatic rings. The van der Waals surface area contributed by atoms with E-state index in [1.54, 1.807) is 0 Å². The molecule has 2 fully saturated rings. The summed E-state index contributed by atoms with van der Waals surface area (Å²) in [7, 11) is 0. The molecule has 2 saturated carbocycles. The largest absolute Gasteiger partial charge is 0.310 e. The molecule has 3 rings (SSSR count). The number of hydrogen-bond donors (Lipinski definition) is 1. The molecule has 0 bridgehead atoms. The Balaban J connectivity index is 1.82. The fourth-order valence-corrected chi connectivity index (χ4v) is 2.30. The van der Waals surface area contributed by atoms with Gasteiger partial charge in [-0.15, -0.1) is 0 Å². The summed E-state index contributed by atoms with van der Waals surface area (Å²) in [5, 5.41) is 3.56. The molecule has 1 aromatic rings. The van der Waals surface area contributed by atoms with Gasteiger partial charge in [0.1, 0.15) is 5.82 Å². The Labute approximate surface area is 109 Å². The molecular formula is C15H23N3. The zero-order valence-electron chi connectivity index (χ0n) is 11.7. The van der Waals surface area contributed by atoms with E-state index in [9.17, 15) is 0 Å².